The standard InChI is InChI=1S/C27H27N3/c28-18-22-24(19-11-5-4-6-12-19)21-17-27(15-9-2-1-3-10-16-27)23-14-8-7-13-20(23)25(21)30-26(22)29/h4-8,11-14H,1-3,9-10,15-17H2,(H2,29,30). The third-order valence-electron chi connectivity index (χ3n) is 7.08. The fraction of sp³-hybridized carbons (Fsp3) is 0.333. The summed E-state index contributed by atoms with van der Waals surface area (Å²) in [6.45, 7) is 0. The lowest BCUT2D eigenvalue weighted by Gasteiger charge is -2.42. The quantitative estimate of drug-likeness (QED) is 0.520. The van der Waals surface area contributed by atoms with Gasteiger partial charge in [0.05, 0.1) is 5.69 Å². The Bertz CT molecular complexity index is 1120. The van der Waals surface area contributed by atoms with Crippen LogP contribution in [-0.2, 0) is 11.8 Å². The van der Waals surface area contributed by atoms with Crippen molar-refractivity contribution >= 4 is 5.82 Å². The second-order valence-corrected chi connectivity index (χ2v) is 8.82. The molecule has 2 aromatic carbocycles. The van der Waals surface area contributed by atoms with E-state index in [0.717, 1.165) is 23.2 Å². The van der Waals surface area contributed by atoms with Crippen molar-refractivity contribution in [2.24, 2.45) is 0 Å². The van der Waals surface area contributed by atoms with Crippen molar-refractivity contribution in [1.29, 1.82) is 5.26 Å². The molecule has 30 heavy (non-hydrogen) atoms. The van der Waals surface area contributed by atoms with Crippen LogP contribution in [0.4, 0.5) is 5.82 Å². The van der Waals surface area contributed by atoms with Gasteiger partial charge >= 0.3 is 0 Å². The van der Waals surface area contributed by atoms with Crippen LogP contribution in [0.25, 0.3) is 22.4 Å². The van der Waals surface area contributed by atoms with Gasteiger partial charge in [0.1, 0.15) is 17.5 Å². The van der Waals surface area contributed by atoms with Gasteiger partial charge in [-0.05, 0) is 36.0 Å². The summed E-state index contributed by atoms with van der Waals surface area (Å²) in [5, 5.41) is 9.97. The largest absolute Gasteiger partial charge is 0.383 e. The Hall–Kier alpha value is -3.12. The first-order valence-electron chi connectivity index (χ1n) is 11.1. The van der Waals surface area contributed by atoms with Gasteiger partial charge < -0.3 is 5.73 Å². The van der Waals surface area contributed by atoms with Crippen molar-refractivity contribution in [3.05, 3.63) is 71.3 Å². The van der Waals surface area contributed by atoms with Crippen LogP contribution in [-0.4, -0.2) is 4.98 Å². The van der Waals surface area contributed by atoms with Gasteiger partial charge in [-0.25, -0.2) is 4.98 Å². The van der Waals surface area contributed by atoms with Crippen LogP contribution in [0.5, 0.6) is 0 Å². The molecule has 0 radical (unpaired) electrons. The van der Waals surface area contributed by atoms with Crippen molar-refractivity contribution in [3.63, 3.8) is 0 Å². The molecule has 0 unspecified atom stereocenters. The van der Waals surface area contributed by atoms with Crippen LogP contribution >= 0.6 is 0 Å². The maximum Gasteiger partial charge on any atom is 0.142 e. The van der Waals surface area contributed by atoms with Crippen LogP contribution in [0.3, 0.4) is 0 Å². The molecule has 3 heteroatoms. The van der Waals surface area contributed by atoms with Gasteiger partial charge in [-0.15, -0.1) is 0 Å². The van der Waals surface area contributed by atoms with Crippen molar-refractivity contribution in [3.8, 4) is 28.5 Å². The molecule has 3 nitrogen and oxygen atoms in total. The van der Waals surface area contributed by atoms with E-state index in [2.05, 4.69) is 42.5 Å². The van der Waals surface area contributed by atoms with Gasteiger partial charge in [0.15, 0.2) is 0 Å². The van der Waals surface area contributed by atoms with E-state index < -0.39 is 0 Å². The zero-order valence-electron chi connectivity index (χ0n) is 17.3. The molecule has 2 N–H and O–H groups in total. The number of pyridine rings is 1. The summed E-state index contributed by atoms with van der Waals surface area (Å²) in [4.78, 5) is 4.79. The summed E-state index contributed by atoms with van der Waals surface area (Å²) in [6, 6.07) is 21.4. The van der Waals surface area contributed by atoms with Gasteiger partial charge in [0.2, 0.25) is 0 Å². The topological polar surface area (TPSA) is 62.7 Å². The highest BCUT2D eigenvalue weighted by Crippen LogP contribution is 2.51. The number of nitrogen functional groups attached to an aromatic ring is 1. The molecule has 0 saturated heterocycles. The molecule has 1 saturated carbocycles. The minimum absolute atomic E-state index is 0.123. The summed E-state index contributed by atoms with van der Waals surface area (Å²) < 4.78 is 0. The Labute approximate surface area is 178 Å². The van der Waals surface area contributed by atoms with Crippen molar-refractivity contribution < 1.29 is 0 Å². The number of hydrogen-bond acceptors (Lipinski definition) is 3. The molecular formula is C27H27N3. The number of nitriles is 1. The smallest absolute Gasteiger partial charge is 0.142 e. The van der Waals surface area contributed by atoms with Gasteiger partial charge in [-0.2, -0.15) is 5.26 Å². The molecule has 1 aromatic heterocycles. The average Bonchev–Trinajstić information content (AvgIpc) is 2.77. The third-order valence-corrected chi connectivity index (χ3v) is 7.08. The first-order valence-corrected chi connectivity index (χ1v) is 11.1. The molecule has 2 aliphatic rings. The molecule has 1 spiro atoms. The second-order valence-electron chi connectivity index (χ2n) is 8.82. The van der Waals surface area contributed by atoms with E-state index in [4.69, 9.17) is 10.7 Å². The summed E-state index contributed by atoms with van der Waals surface area (Å²) >= 11 is 0. The van der Waals surface area contributed by atoms with Crippen LogP contribution < -0.4 is 5.73 Å². The van der Waals surface area contributed by atoms with Crippen LogP contribution in [0, 0.1) is 11.3 Å². The lowest BCUT2D eigenvalue weighted by Crippen LogP contribution is -2.34. The van der Waals surface area contributed by atoms with E-state index in [0.29, 0.717) is 11.4 Å². The number of nitrogens with two attached hydrogens (primary N) is 1. The van der Waals surface area contributed by atoms with Crippen molar-refractivity contribution in [1.82, 2.24) is 4.98 Å². The summed E-state index contributed by atoms with van der Waals surface area (Å²) in [5.41, 5.74) is 13.8. The molecule has 3 aromatic rings. The Morgan fingerprint density at radius 2 is 1.53 bits per heavy atom. The number of fused-ring (bicyclic) bond motifs is 4. The fourth-order valence-corrected chi connectivity index (χ4v) is 5.69. The average molecular weight is 394 g/mol. The third kappa shape index (κ3) is 2.99. The number of anilines is 1. The van der Waals surface area contributed by atoms with Gasteiger partial charge in [-0.3, -0.25) is 0 Å². The Kier molecular flexibility index (Phi) is 4.79. The van der Waals surface area contributed by atoms with Crippen molar-refractivity contribution in [2.45, 2.75) is 56.8 Å². The number of nitrogens with zero attached hydrogens (tertiary/aromatic N) is 2. The maximum absolute atomic E-state index is 9.97. The van der Waals surface area contributed by atoms with E-state index in [1.807, 2.05) is 18.2 Å². The predicted octanol–water partition coefficient (Wildman–Crippen LogP) is 6.41. The van der Waals surface area contributed by atoms with Crippen LogP contribution in [0.15, 0.2) is 54.6 Å². The van der Waals surface area contributed by atoms with Crippen LogP contribution in [0.1, 0.15) is 61.6 Å². The normalized spacial score (nSPS) is 17.3. The molecular weight excluding hydrogens is 366 g/mol. The molecule has 1 fully saturated rings. The lowest BCUT2D eigenvalue weighted by molar-refractivity contribution is 0.309. The first kappa shape index (κ1) is 18.9. The summed E-state index contributed by atoms with van der Waals surface area (Å²) in [6.07, 6.45) is 9.83. The fourth-order valence-electron chi connectivity index (χ4n) is 5.69. The Morgan fingerprint density at radius 3 is 2.27 bits per heavy atom. The molecule has 0 bridgehead atoms. The molecule has 0 aliphatic heterocycles. The second kappa shape index (κ2) is 7.61. The molecule has 0 amide bonds. The Balaban J connectivity index is 1.81. The van der Waals surface area contributed by atoms with E-state index in [9.17, 15) is 5.26 Å². The molecule has 2 aliphatic carbocycles. The van der Waals surface area contributed by atoms with Crippen molar-refractivity contribution in [2.75, 3.05) is 5.73 Å². The van der Waals surface area contributed by atoms with Crippen LogP contribution in [0.2, 0.25) is 0 Å². The number of aromatic nitrogens is 1. The minimum Gasteiger partial charge on any atom is -0.383 e. The maximum atomic E-state index is 9.97. The summed E-state index contributed by atoms with van der Waals surface area (Å²) in [7, 11) is 0. The van der Waals surface area contributed by atoms with Gasteiger partial charge in [-0.1, -0.05) is 86.7 Å². The minimum atomic E-state index is 0.123. The monoisotopic (exact) mass is 393 g/mol. The summed E-state index contributed by atoms with van der Waals surface area (Å²) in [5.74, 6) is 0.332. The molecule has 5 rings (SSSR count). The lowest BCUT2D eigenvalue weighted by atomic mass is 9.62. The molecule has 0 atom stereocenters. The Morgan fingerprint density at radius 1 is 0.867 bits per heavy atom. The number of hydrogen-bond donors (Lipinski definition) is 1. The van der Waals surface area contributed by atoms with E-state index >= 15 is 0 Å². The molecule has 150 valence electrons. The number of rotatable bonds is 1. The predicted molar refractivity (Wildman–Crippen MR) is 122 cm³/mol. The highest BCUT2D eigenvalue weighted by Gasteiger charge is 2.40. The molecule has 1 heterocycles. The highest BCUT2D eigenvalue weighted by molar-refractivity contribution is 5.87. The first-order chi connectivity index (χ1) is 14.7. The van der Waals surface area contributed by atoms with Gasteiger partial charge in [0, 0.05) is 16.5 Å². The highest BCUT2D eigenvalue weighted by atomic mass is 14.9. The zero-order valence-corrected chi connectivity index (χ0v) is 17.3. The van der Waals surface area contributed by atoms with E-state index in [1.165, 1.54) is 61.6 Å². The van der Waals surface area contributed by atoms with E-state index in [-0.39, 0.29) is 5.41 Å². The van der Waals surface area contributed by atoms with Gasteiger partial charge in [0.25, 0.3) is 0 Å². The number of benzene rings is 2. The van der Waals surface area contributed by atoms with E-state index in [1.54, 1.807) is 0 Å². The SMILES string of the molecule is N#Cc1c(N)nc2c(c1-c1ccccc1)CC1(CCCCCCC1)c1ccccc1-2. The zero-order chi connectivity index (χ0) is 20.6.